The van der Waals surface area contributed by atoms with Crippen molar-refractivity contribution in [3.05, 3.63) is 52.8 Å². The van der Waals surface area contributed by atoms with Gasteiger partial charge in [-0.3, -0.25) is 9.78 Å². The highest BCUT2D eigenvalue weighted by atomic mass is 35.5. The van der Waals surface area contributed by atoms with Gasteiger partial charge in [0.05, 0.1) is 21.5 Å². The maximum atomic E-state index is 12.3. The second kappa shape index (κ2) is 9.21. The zero-order valence-corrected chi connectivity index (χ0v) is 16.9. The fourth-order valence-corrected chi connectivity index (χ4v) is 3.71. The van der Waals surface area contributed by atoms with E-state index in [4.69, 9.17) is 23.2 Å². The van der Waals surface area contributed by atoms with E-state index < -0.39 is 0 Å². The van der Waals surface area contributed by atoms with Gasteiger partial charge in [0.15, 0.2) is 11.0 Å². The summed E-state index contributed by atoms with van der Waals surface area (Å²) in [7, 11) is 0. The van der Waals surface area contributed by atoms with Crippen LogP contribution in [0.5, 0.6) is 0 Å². The zero-order chi connectivity index (χ0) is 19.2. The molecule has 2 heterocycles. The Hall–Kier alpha value is -2.09. The topological polar surface area (TPSA) is 72.7 Å². The first-order chi connectivity index (χ1) is 13.1. The summed E-state index contributed by atoms with van der Waals surface area (Å²) in [5.74, 6) is 0.711. The molecule has 1 N–H and O–H groups in total. The largest absolute Gasteiger partial charge is 0.323 e. The number of pyridine rings is 1. The summed E-state index contributed by atoms with van der Waals surface area (Å²) in [6.45, 7) is 2.84. The molecule has 2 aromatic heterocycles. The lowest BCUT2D eigenvalue weighted by Gasteiger charge is -2.10. The zero-order valence-electron chi connectivity index (χ0n) is 14.5. The number of anilines is 1. The van der Waals surface area contributed by atoms with E-state index in [2.05, 4.69) is 27.4 Å². The van der Waals surface area contributed by atoms with E-state index in [0.29, 0.717) is 20.9 Å². The van der Waals surface area contributed by atoms with E-state index in [1.165, 1.54) is 11.8 Å². The van der Waals surface area contributed by atoms with Gasteiger partial charge in [0.25, 0.3) is 0 Å². The summed E-state index contributed by atoms with van der Waals surface area (Å²) in [5.41, 5.74) is 1.35. The van der Waals surface area contributed by atoms with Gasteiger partial charge in [-0.25, -0.2) is 0 Å². The van der Waals surface area contributed by atoms with Crippen molar-refractivity contribution in [2.45, 2.75) is 25.0 Å². The fourth-order valence-electron chi connectivity index (χ4n) is 2.46. The lowest BCUT2D eigenvalue weighted by molar-refractivity contribution is -0.113. The number of nitrogens with zero attached hydrogens (tertiary/aromatic N) is 4. The number of benzene rings is 1. The van der Waals surface area contributed by atoms with Crippen LogP contribution in [0.4, 0.5) is 5.69 Å². The summed E-state index contributed by atoms with van der Waals surface area (Å²) in [6.07, 6.45) is 4.35. The Morgan fingerprint density at radius 2 is 1.85 bits per heavy atom. The summed E-state index contributed by atoms with van der Waals surface area (Å²) in [4.78, 5) is 16.4. The first kappa shape index (κ1) is 19.7. The van der Waals surface area contributed by atoms with Gasteiger partial charge in [0, 0.05) is 24.5 Å². The van der Waals surface area contributed by atoms with Crippen LogP contribution in [0.3, 0.4) is 0 Å². The third-order valence-corrected chi connectivity index (χ3v) is 5.26. The molecule has 1 amide bonds. The SMILES string of the molecule is CCCn1c(SCC(=O)Nc2c(Cl)cccc2Cl)nnc1-c1ccncc1. The van der Waals surface area contributed by atoms with Gasteiger partial charge in [-0.2, -0.15) is 0 Å². The minimum absolute atomic E-state index is 0.166. The van der Waals surface area contributed by atoms with Crippen LogP contribution >= 0.6 is 35.0 Å². The summed E-state index contributed by atoms with van der Waals surface area (Å²) in [5, 5.41) is 12.8. The average Bonchev–Trinajstić information content (AvgIpc) is 3.07. The van der Waals surface area contributed by atoms with E-state index >= 15 is 0 Å². The quantitative estimate of drug-likeness (QED) is 0.555. The Morgan fingerprint density at radius 1 is 1.15 bits per heavy atom. The lowest BCUT2D eigenvalue weighted by Crippen LogP contribution is -2.15. The molecule has 0 radical (unpaired) electrons. The Balaban J connectivity index is 1.72. The first-order valence-electron chi connectivity index (χ1n) is 8.30. The molecule has 0 aliphatic heterocycles. The van der Waals surface area contributed by atoms with Crippen molar-refractivity contribution in [3.63, 3.8) is 0 Å². The van der Waals surface area contributed by atoms with Crippen molar-refractivity contribution in [2.75, 3.05) is 11.1 Å². The number of aromatic nitrogens is 4. The van der Waals surface area contributed by atoms with Gasteiger partial charge in [-0.15, -0.1) is 10.2 Å². The highest BCUT2D eigenvalue weighted by Gasteiger charge is 2.16. The van der Waals surface area contributed by atoms with Crippen molar-refractivity contribution in [1.29, 1.82) is 0 Å². The predicted molar refractivity (Wildman–Crippen MR) is 109 cm³/mol. The molecule has 0 aliphatic rings. The summed E-state index contributed by atoms with van der Waals surface area (Å²) in [6, 6.07) is 8.85. The van der Waals surface area contributed by atoms with Gasteiger partial charge >= 0.3 is 0 Å². The monoisotopic (exact) mass is 421 g/mol. The number of para-hydroxylation sites is 1. The molecule has 6 nitrogen and oxygen atoms in total. The molecule has 0 fully saturated rings. The maximum absolute atomic E-state index is 12.3. The number of amides is 1. The van der Waals surface area contributed by atoms with E-state index in [1.807, 2.05) is 16.7 Å². The van der Waals surface area contributed by atoms with Gasteiger partial charge in [0.2, 0.25) is 5.91 Å². The van der Waals surface area contributed by atoms with Crippen LogP contribution in [0.25, 0.3) is 11.4 Å². The molecule has 0 bridgehead atoms. The third kappa shape index (κ3) is 4.80. The van der Waals surface area contributed by atoms with Gasteiger partial charge < -0.3 is 9.88 Å². The van der Waals surface area contributed by atoms with E-state index in [9.17, 15) is 4.79 Å². The van der Waals surface area contributed by atoms with Crippen LogP contribution in [0.2, 0.25) is 10.0 Å². The minimum Gasteiger partial charge on any atom is -0.323 e. The molecule has 0 spiro atoms. The number of carbonyl (C=O) groups excluding carboxylic acids is 1. The second-order valence-electron chi connectivity index (χ2n) is 5.63. The van der Waals surface area contributed by atoms with E-state index in [-0.39, 0.29) is 11.7 Å². The molecule has 27 heavy (non-hydrogen) atoms. The van der Waals surface area contributed by atoms with Gasteiger partial charge in [-0.05, 0) is 30.7 Å². The van der Waals surface area contributed by atoms with Crippen LogP contribution in [-0.4, -0.2) is 31.4 Å². The Kier molecular flexibility index (Phi) is 6.71. The molecule has 0 unspecified atom stereocenters. The summed E-state index contributed by atoms with van der Waals surface area (Å²) >= 11 is 13.5. The standard InChI is InChI=1S/C18H17Cl2N5OS/c1-2-10-25-17(12-6-8-21-9-7-12)23-24-18(25)27-11-15(26)22-16-13(19)4-3-5-14(16)20/h3-9H,2,10-11H2,1H3,(H,22,26). The lowest BCUT2D eigenvalue weighted by atomic mass is 10.2. The molecule has 3 aromatic rings. The van der Waals surface area contributed by atoms with Crippen molar-refractivity contribution in [2.24, 2.45) is 0 Å². The van der Waals surface area contributed by atoms with Gasteiger partial charge in [-0.1, -0.05) is 48.0 Å². The first-order valence-corrected chi connectivity index (χ1v) is 10.0. The second-order valence-corrected chi connectivity index (χ2v) is 7.38. The Labute approximate surface area is 171 Å². The number of carbonyl (C=O) groups is 1. The van der Waals surface area contributed by atoms with Crippen LogP contribution in [0, 0.1) is 0 Å². The number of hydrogen-bond acceptors (Lipinski definition) is 5. The molecule has 1 aromatic carbocycles. The molecule has 0 atom stereocenters. The van der Waals surface area contributed by atoms with Crippen LogP contribution < -0.4 is 5.32 Å². The Bertz CT molecular complexity index is 913. The molecule has 140 valence electrons. The third-order valence-electron chi connectivity index (χ3n) is 3.66. The van der Waals surface area contributed by atoms with Crippen molar-refractivity contribution in [1.82, 2.24) is 19.7 Å². The highest BCUT2D eigenvalue weighted by Crippen LogP contribution is 2.30. The van der Waals surface area contributed by atoms with E-state index in [1.54, 1.807) is 30.6 Å². The van der Waals surface area contributed by atoms with Crippen LogP contribution in [0.1, 0.15) is 13.3 Å². The average molecular weight is 422 g/mol. The maximum Gasteiger partial charge on any atom is 0.234 e. The normalized spacial score (nSPS) is 10.8. The molecular formula is C18H17Cl2N5OS. The molecule has 0 saturated heterocycles. The number of rotatable bonds is 7. The molecule has 9 heteroatoms. The summed E-state index contributed by atoms with van der Waals surface area (Å²) < 4.78 is 2.01. The number of thioether (sulfide) groups is 1. The van der Waals surface area contributed by atoms with E-state index in [0.717, 1.165) is 24.4 Å². The number of halogens is 2. The molecule has 0 aliphatic carbocycles. The van der Waals surface area contributed by atoms with Crippen LogP contribution in [-0.2, 0) is 11.3 Å². The number of nitrogens with one attached hydrogen (secondary N) is 1. The molecular weight excluding hydrogens is 405 g/mol. The Morgan fingerprint density at radius 3 is 2.52 bits per heavy atom. The van der Waals surface area contributed by atoms with Crippen LogP contribution in [0.15, 0.2) is 47.9 Å². The van der Waals surface area contributed by atoms with Crippen molar-refractivity contribution >= 4 is 46.6 Å². The van der Waals surface area contributed by atoms with Gasteiger partial charge in [0.1, 0.15) is 0 Å². The molecule has 0 saturated carbocycles. The predicted octanol–water partition coefficient (Wildman–Crippen LogP) is 4.79. The molecule has 3 rings (SSSR count). The van der Waals surface area contributed by atoms with Crippen molar-refractivity contribution < 1.29 is 4.79 Å². The highest BCUT2D eigenvalue weighted by molar-refractivity contribution is 7.99. The minimum atomic E-state index is -0.216. The van der Waals surface area contributed by atoms with Crippen molar-refractivity contribution in [3.8, 4) is 11.4 Å². The smallest absolute Gasteiger partial charge is 0.234 e. The fraction of sp³-hybridized carbons (Fsp3) is 0.222. The number of hydrogen-bond donors (Lipinski definition) is 1.